The minimum atomic E-state index is -1.09. The summed E-state index contributed by atoms with van der Waals surface area (Å²) in [6.45, 7) is 1.97. The number of rotatable bonds is 6. The maximum atomic E-state index is 11.5. The van der Waals surface area contributed by atoms with Gasteiger partial charge in [0, 0.05) is 29.0 Å². The predicted molar refractivity (Wildman–Crippen MR) is 106 cm³/mol. The van der Waals surface area contributed by atoms with Crippen LogP contribution in [0.1, 0.15) is 24.5 Å². The van der Waals surface area contributed by atoms with Gasteiger partial charge in [-0.25, -0.2) is 4.40 Å². The molecule has 0 heterocycles. The Kier molecular flexibility index (Phi) is 5.69. The molecule has 0 amide bonds. The molecule has 0 aromatic heterocycles. The zero-order valence-electron chi connectivity index (χ0n) is 14.2. The molecule has 0 aliphatic carbocycles. The number of benzene rings is 3. The highest BCUT2D eigenvalue weighted by Gasteiger charge is 2.32. The second kappa shape index (κ2) is 8.15. The van der Waals surface area contributed by atoms with E-state index in [1.165, 1.54) is 11.9 Å². The Labute approximate surface area is 153 Å². The highest BCUT2D eigenvalue weighted by molar-refractivity contribution is 7.98. The standard InChI is InChI=1S/C22H21NOS/c1-18(23-25-21-15-9-4-10-16-21)17-22(24,19-11-5-2-6-12-19)20-13-7-3-8-14-20/h2-16,24H,17H2,1H3/b23-18+. The van der Waals surface area contributed by atoms with Gasteiger partial charge >= 0.3 is 0 Å². The van der Waals surface area contributed by atoms with Crippen molar-refractivity contribution >= 4 is 17.7 Å². The summed E-state index contributed by atoms with van der Waals surface area (Å²) in [5.41, 5.74) is 1.55. The van der Waals surface area contributed by atoms with Crippen LogP contribution in [0.5, 0.6) is 0 Å². The second-order valence-electron chi connectivity index (χ2n) is 6.00. The smallest absolute Gasteiger partial charge is 0.120 e. The zero-order valence-corrected chi connectivity index (χ0v) is 15.0. The van der Waals surface area contributed by atoms with Gasteiger partial charge in [0.2, 0.25) is 0 Å². The summed E-state index contributed by atoms with van der Waals surface area (Å²) in [4.78, 5) is 1.09. The Morgan fingerprint density at radius 3 is 1.72 bits per heavy atom. The van der Waals surface area contributed by atoms with E-state index in [2.05, 4.69) is 4.40 Å². The van der Waals surface area contributed by atoms with E-state index in [1.54, 1.807) is 0 Å². The Bertz CT molecular complexity index is 777. The van der Waals surface area contributed by atoms with E-state index in [0.717, 1.165) is 21.7 Å². The first-order valence-electron chi connectivity index (χ1n) is 8.27. The van der Waals surface area contributed by atoms with Crippen molar-refractivity contribution in [3.8, 4) is 0 Å². The Morgan fingerprint density at radius 1 is 0.800 bits per heavy atom. The Hall–Kier alpha value is -2.36. The number of hydrogen-bond acceptors (Lipinski definition) is 3. The van der Waals surface area contributed by atoms with Gasteiger partial charge in [0.15, 0.2) is 0 Å². The third kappa shape index (κ3) is 4.38. The summed E-state index contributed by atoms with van der Waals surface area (Å²) in [6.07, 6.45) is 0.445. The second-order valence-corrected chi connectivity index (χ2v) is 6.84. The van der Waals surface area contributed by atoms with Gasteiger partial charge in [0.05, 0.1) is 0 Å². The first-order valence-corrected chi connectivity index (χ1v) is 9.05. The fourth-order valence-electron chi connectivity index (χ4n) is 2.81. The molecule has 1 N–H and O–H groups in total. The van der Waals surface area contributed by atoms with Gasteiger partial charge in [-0.15, -0.1) is 0 Å². The van der Waals surface area contributed by atoms with Crippen molar-refractivity contribution < 1.29 is 5.11 Å². The maximum Gasteiger partial charge on any atom is 0.120 e. The van der Waals surface area contributed by atoms with E-state index in [0.29, 0.717) is 6.42 Å². The number of aliphatic hydroxyl groups is 1. The zero-order chi connectivity index (χ0) is 17.5. The monoisotopic (exact) mass is 347 g/mol. The molecule has 3 aromatic carbocycles. The molecule has 126 valence electrons. The quantitative estimate of drug-likeness (QED) is 0.473. The van der Waals surface area contributed by atoms with Gasteiger partial charge in [-0.2, -0.15) is 0 Å². The molecule has 25 heavy (non-hydrogen) atoms. The van der Waals surface area contributed by atoms with Gasteiger partial charge < -0.3 is 5.11 Å². The molecular weight excluding hydrogens is 326 g/mol. The number of nitrogens with zero attached hydrogens (tertiary/aromatic N) is 1. The molecular formula is C22H21NOS. The van der Waals surface area contributed by atoms with Crippen molar-refractivity contribution in [2.75, 3.05) is 0 Å². The van der Waals surface area contributed by atoms with Gasteiger partial charge in [-0.3, -0.25) is 0 Å². The van der Waals surface area contributed by atoms with E-state index in [1.807, 2.05) is 97.9 Å². The molecule has 0 spiro atoms. The van der Waals surface area contributed by atoms with Crippen molar-refractivity contribution in [3.05, 3.63) is 102 Å². The van der Waals surface area contributed by atoms with Crippen molar-refractivity contribution in [2.24, 2.45) is 4.40 Å². The molecule has 0 atom stereocenters. The van der Waals surface area contributed by atoms with Crippen LogP contribution in [0.4, 0.5) is 0 Å². The lowest BCUT2D eigenvalue weighted by Crippen LogP contribution is -2.29. The molecule has 0 radical (unpaired) electrons. The molecule has 2 nitrogen and oxygen atoms in total. The van der Waals surface area contributed by atoms with Crippen LogP contribution in [0.3, 0.4) is 0 Å². The van der Waals surface area contributed by atoms with E-state index >= 15 is 0 Å². The average molecular weight is 347 g/mol. The van der Waals surface area contributed by atoms with Crippen LogP contribution in [-0.2, 0) is 5.60 Å². The van der Waals surface area contributed by atoms with E-state index in [4.69, 9.17) is 0 Å². The van der Waals surface area contributed by atoms with Crippen molar-refractivity contribution in [1.29, 1.82) is 0 Å². The molecule has 3 heteroatoms. The van der Waals surface area contributed by atoms with Crippen molar-refractivity contribution in [3.63, 3.8) is 0 Å². The fraction of sp³-hybridized carbons (Fsp3) is 0.136. The Morgan fingerprint density at radius 2 is 1.24 bits per heavy atom. The minimum absolute atomic E-state index is 0.445. The molecule has 0 fully saturated rings. The van der Waals surface area contributed by atoms with Crippen LogP contribution in [0.15, 0.2) is 100 Å². The molecule has 0 unspecified atom stereocenters. The van der Waals surface area contributed by atoms with Crippen LogP contribution in [0, 0.1) is 0 Å². The third-order valence-electron chi connectivity index (χ3n) is 4.06. The van der Waals surface area contributed by atoms with E-state index in [9.17, 15) is 5.11 Å². The number of hydrogen-bond donors (Lipinski definition) is 1. The van der Waals surface area contributed by atoms with Crippen LogP contribution >= 0.6 is 11.9 Å². The van der Waals surface area contributed by atoms with Gasteiger partial charge in [0.1, 0.15) is 5.60 Å². The first-order chi connectivity index (χ1) is 12.2. The molecule has 0 bridgehead atoms. The maximum absolute atomic E-state index is 11.5. The molecule has 0 aliphatic heterocycles. The normalized spacial score (nSPS) is 12.2. The summed E-state index contributed by atoms with van der Waals surface area (Å²) in [5, 5.41) is 11.5. The van der Waals surface area contributed by atoms with Crippen molar-refractivity contribution in [2.45, 2.75) is 23.8 Å². The molecule has 3 rings (SSSR count). The lowest BCUT2D eigenvalue weighted by Gasteiger charge is -2.29. The van der Waals surface area contributed by atoms with E-state index in [-0.39, 0.29) is 0 Å². The molecule has 0 saturated carbocycles. The average Bonchev–Trinajstić information content (AvgIpc) is 2.68. The molecule has 0 saturated heterocycles. The summed E-state index contributed by atoms with van der Waals surface area (Å²) in [5.74, 6) is 0. The summed E-state index contributed by atoms with van der Waals surface area (Å²) < 4.78 is 4.60. The summed E-state index contributed by atoms with van der Waals surface area (Å²) >= 11 is 1.44. The molecule has 0 aliphatic rings. The Balaban J connectivity index is 1.88. The fourth-order valence-corrected chi connectivity index (χ4v) is 3.42. The SMILES string of the molecule is C/C(CC(O)(c1ccccc1)c1ccccc1)=N\Sc1ccccc1. The van der Waals surface area contributed by atoms with E-state index < -0.39 is 5.60 Å². The highest BCUT2D eigenvalue weighted by Crippen LogP contribution is 2.34. The highest BCUT2D eigenvalue weighted by atomic mass is 32.2. The first kappa shape index (κ1) is 17.5. The van der Waals surface area contributed by atoms with Gasteiger partial charge in [0.25, 0.3) is 0 Å². The largest absolute Gasteiger partial charge is 0.380 e. The van der Waals surface area contributed by atoms with Gasteiger partial charge in [-0.05, 0) is 30.2 Å². The van der Waals surface area contributed by atoms with Gasteiger partial charge in [-0.1, -0.05) is 78.9 Å². The summed E-state index contributed by atoms with van der Waals surface area (Å²) in [6, 6.07) is 29.6. The minimum Gasteiger partial charge on any atom is -0.380 e. The van der Waals surface area contributed by atoms with Crippen LogP contribution in [0.2, 0.25) is 0 Å². The topological polar surface area (TPSA) is 32.6 Å². The molecule has 3 aromatic rings. The van der Waals surface area contributed by atoms with Crippen molar-refractivity contribution in [1.82, 2.24) is 0 Å². The van der Waals surface area contributed by atoms with Crippen LogP contribution in [0.25, 0.3) is 0 Å². The predicted octanol–water partition coefficient (Wildman–Crippen LogP) is 5.48. The third-order valence-corrected chi connectivity index (χ3v) is 4.95. The lowest BCUT2D eigenvalue weighted by molar-refractivity contribution is 0.0889. The summed E-state index contributed by atoms with van der Waals surface area (Å²) in [7, 11) is 0. The lowest BCUT2D eigenvalue weighted by atomic mass is 9.82. The van der Waals surface area contributed by atoms with Crippen LogP contribution in [-0.4, -0.2) is 10.8 Å². The van der Waals surface area contributed by atoms with Crippen LogP contribution < -0.4 is 0 Å².